The summed E-state index contributed by atoms with van der Waals surface area (Å²) in [7, 11) is 0. The number of fused-ring (bicyclic) bond motifs is 7. The second-order valence-corrected chi connectivity index (χ2v) is 58.4. The first-order valence-corrected chi connectivity index (χ1v) is 56.1. The lowest BCUT2D eigenvalue weighted by Crippen LogP contribution is -2.31. The van der Waals surface area contributed by atoms with Gasteiger partial charge in [-0.25, -0.2) is 0 Å². The standard InChI is InChI=1S/C138H158N2O2/c1-127(2,3)97-43-91(44-98(59-97)128(4,5)6)87-41-88(92-45-99(129(7,8)9)60-100(46-92)130(10,11)12)52-115(51-87)139(117-65-109(135-71-79-29-80(72-135)34-105(135)33-79)63-110(66-117)136-73-81-30-82(74-136)36-106(136)35-81)113-25-27-119-121-55-95-58-124-122(56-96(95)57-123(121)141-125(119)69-113)120-28-26-114(70-126(120)142-124)140(118-67-111(137-75-83-31-84(76-137)38-107(137)37-83)64-112(68-118)138-77-85-32-86(78-138)40-108(138)39-85)116-53-89(93-47-101(131(13,14)15)61-102(48-93)132(16,17)18)42-90(54-116)94-49-103(133(19,20)21)62-104(50-94)134(22,23)24/h25-28,41-70,79-86,105-108H,29-40,71-78H2,1-24H3. The van der Waals surface area contributed by atoms with Crippen LogP contribution in [-0.4, -0.2) is 0 Å². The Labute approximate surface area is 849 Å². The van der Waals surface area contributed by atoms with Crippen molar-refractivity contribution in [3.05, 3.63) is 273 Å². The Bertz CT molecular complexity index is 6650. The number of rotatable bonds is 14. The molecule has 16 saturated carbocycles. The Balaban J connectivity index is 0.660. The minimum Gasteiger partial charge on any atom is -0.456 e. The zero-order chi connectivity index (χ0) is 98.5. The lowest BCUT2D eigenvalue weighted by atomic mass is 9.67. The molecular weight excluding hydrogens is 1720 g/mol. The van der Waals surface area contributed by atoms with Crippen LogP contribution in [0.25, 0.3) is 99.2 Å². The van der Waals surface area contributed by atoms with Crippen molar-refractivity contribution in [2.45, 2.75) is 360 Å². The van der Waals surface area contributed by atoms with Crippen LogP contribution in [0, 0.1) is 71.0 Å². The number of benzene rings is 12. The fraction of sp³-hybridized carbons (Fsp3) is 0.493. The van der Waals surface area contributed by atoms with Crippen LogP contribution in [0.5, 0.6) is 0 Å². The Morgan fingerprint density at radius 3 is 0.613 bits per heavy atom. The van der Waals surface area contributed by atoms with Gasteiger partial charge < -0.3 is 18.6 Å². The summed E-state index contributed by atoms with van der Waals surface area (Å²) in [6.45, 7) is 57.5. The van der Waals surface area contributed by atoms with Gasteiger partial charge in [-0.3, -0.25) is 0 Å². The molecule has 0 radical (unpaired) electrons. The molecule has 16 bridgehead atoms. The fourth-order valence-electron chi connectivity index (χ4n) is 33.4. The van der Waals surface area contributed by atoms with Crippen molar-refractivity contribution in [3.63, 3.8) is 0 Å². The maximum Gasteiger partial charge on any atom is 0.137 e. The lowest BCUT2D eigenvalue weighted by Gasteiger charge is -2.39. The van der Waals surface area contributed by atoms with E-state index < -0.39 is 0 Å². The summed E-state index contributed by atoms with van der Waals surface area (Å²) >= 11 is 0. The maximum absolute atomic E-state index is 7.59. The Kier molecular flexibility index (Phi) is 20.0. The molecule has 8 unspecified atom stereocenters. The lowest BCUT2D eigenvalue weighted by molar-refractivity contribution is 0.263. The molecule has 732 valence electrons. The van der Waals surface area contributed by atoms with Gasteiger partial charge in [-0.2, -0.15) is 0 Å². The van der Waals surface area contributed by atoms with E-state index in [0.29, 0.717) is 0 Å². The van der Waals surface area contributed by atoms with E-state index in [9.17, 15) is 0 Å². The minimum absolute atomic E-state index is 0.0715. The highest BCUT2D eigenvalue weighted by Gasteiger charge is 2.64. The third kappa shape index (κ3) is 15.0. The summed E-state index contributed by atoms with van der Waals surface area (Å²) in [5, 5.41) is 6.80. The monoisotopic (exact) mass is 1880 g/mol. The van der Waals surface area contributed by atoms with Crippen LogP contribution < -0.4 is 9.80 Å². The highest BCUT2D eigenvalue weighted by molar-refractivity contribution is 6.16. The van der Waals surface area contributed by atoms with E-state index in [1.54, 1.807) is 22.3 Å². The van der Waals surface area contributed by atoms with Crippen molar-refractivity contribution in [3.8, 4) is 44.5 Å². The van der Waals surface area contributed by atoms with Crippen LogP contribution >= 0.6 is 0 Å². The summed E-state index contributed by atoms with van der Waals surface area (Å²) < 4.78 is 15.2. The molecule has 0 spiro atoms. The number of furan rings is 2. The van der Waals surface area contributed by atoms with Gasteiger partial charge in [0.05, 0.1) is 0 Å². The van der Waals surface area contributed by atoms with Gasteiger partial charge in [-0.05, 0) is 496 Å². The molecule has 14 aromatic rings. The van der Waals surface area contributed by atoms with Gasteiger partial charge in [-0.1, -0.05) is 251 Å². The summed E-state index contributed by atoms with van der Waals surface area (Å²) in [5.74, 6) is 9.70. The molecule has 0 amide bonds. The molecular formula is C138H158N2O2. The first-order valence-electron chi connectivity index (χ1n) is 56.1. The molecule has 12 aromatic carbocycles. The Morgan fingerprint density at radius 2 is 0.394 bits per heavy atom. The molecule has 0 N–H and O–H groups in total. The smallest absolute Gasteiger partial charge is 0.137 e. The van der Waals surface area contributed by atoms with Gasteiger partial charge in [-0.15, -0.1) is 0 Å². The van der Waals surface area contributed by atoms with Crippen LogP contribution in [0.1, 0.15) is 361 Å². The van der Waals surface area contributed by atoms with Crippen molar-refractivity contribution in [1.82, 2.24) is 0 Å². The molecule has 16 aliphatic rings. The van der Waals surface area contributed by atoms with Crippen molar-refractivity contribution in [2.24, 2.45) is 71.0 Å². The van der Waals surface area contributed by atoms with E-state index in [-0.39, 0.29) is 65.0 Å². The highest BCUT2D eigenvalue weighted by Crippen LogP contribution is 2.73. The molecule has 2 heterocycles. The number of nitrogens with zero attached hydrogens (tertiary/aromatic N) is 2. The predicted molar refractivity (Wildman–Crippen MR) is 600 cm³/mol. The SMILES string of the molecule is CC(C)(C)c1cc(-c2cc(-c3cc(C(C)(C)C)cc(C(C)(C)C)c3)cc(N(c3cc(C45CC6CC(CC4C6)C5)cc(C45CC6CC(CC4C6)C5)c3)c3ccc4c(c3)oc3cc5cc6c(cc5cc34)oc3cc(N(c4cc(-c5cc(C(C)(C)C)cc(C(C)(C)C)c5)cc(-c5cc(C(C)(C)C)cc(C(C)(C)C)c5)c4)c4cc(C57CC8CC(CC5C8)C7)cc(C57CC8CC(CC5C8)C7)c4)ccc36)c2)cc(C(C)(C)C)c1. The Morgan fingerprint density at radius 1 is 0.190 bits per heavy atom. The van der Waals surface area contributed by atoms with Gasteiger partial charge >= 0.3 is 0 Å². The average molecular weight is 1880 g/mol. The first kappa shape index (κ1) is 92.0. The number of hydrogen-bond donors (Lipinski definition) is 0. The van der Waals surface area contributed by atoms with E-state index in [0.717, 1.165) is 137 Å². The molecule has 16 aliphatic carbocycles. The van der Waals surface area contributed by atoms with E-state index in [2.05, 4.69) is 382 Å². The summed E-state index contributed by atoms with van der Waals surface area (Å²) in [5.41, 5.74) is 38.8. The maximum atomic E-state index is 7.59. The van der Waals surface area contributed by atoms with Crippen LogP contribution in [0.2, 0.25) is 0 Å². The predicted octanol–water partition coefficient (Wildman–Crippen LogP) is 38.9. The zero-order valence-electron chi connectivity index (χ0n) is 90.4. The molecule has 2 aromatic heterocycles. The zero-order valence-corrected chi connectivity index (χ0v) is 90.4. The highest BCUT2D eigenvalue weighted by atomic mass is 16.3. The molecule has 30 rings (SSSR count). The van der Waals surface area contributed by atoms with Crippen LogP contribution in [0.3, 0.4) is 0 Å². The van der Waals surface area contributed by atoms with Gasteiger partial charge in [0.25, 0.3) is 0 Å². The van der Waals surface area contributed by atoms with Gasteiger partial charge in [0.1, 0.15) is 22.3 Å². The average Bonchev–Trinajstić information content (AvgIpc) is 1.54. The largest absolute Gasteiger partial charge is 0.456 e. The quantitative estimate of drug-likeness (QED) is 0.109. The normalized spacial score (nSPS) is 28.0. The molecule has 16 fully saturated rings. The van der Waals surface area contributed by atoms with Crippen molar-refractivity contribution >= 4 is 88.8 Å². The van der Waals surface area contributed by atoms with Gasteiger partial charge in [0.2, 0.25) is 0 Å². The number of hydrogen-bond acceptors (Lipinski definition) is 4. The van der Waals surface area contributed by atoms with Crippen molar-refractivity contribution < 1.29 is 8.83 Å². The van der Waals surface area contributed by atoms with Crippen LogP contribution in [0.4, 0.5) is 34.1 Å². The molecule has 0 aliphatic heterocycles. The Hall–Kier alpha value is -9.90. The molecule has 4 heteroatoms. The van der Waals surface area contributed by atoms with Crippen molar-refractivity contribution in [2.75, 3.05) is 9.80 Å². The summed E-state index contributed by atoms with van der Waals surface area (Å²) in [4.78, 5) is 5.49. The third-order valence-electron chi connectivity index (χ3n) is 40.5. The third-order valence-corrected chi connectivity index (χ3v) is 40.5. The van der Waals surface area contributed by atoms with Crippen LogP contribution in [-0.2, 0) is 65.0 Å². The molecule has 0 saturated heterocycles. The second kappa shape index (κ2) is 30.9. The molecule has 8 atom stereocenters. The van der Waals surface area contributed by atoms with E-state index >= 15 is 0 Å². The number of anilines is 6. The summed E-state index contributed by atoms with van der Waals surface area (Å²) in [6.07, 6.45) is 27.6. The van der Waals surface area contributed by atoms with Crippen LogP contribution in [0.15, 0.2) is 215 Å². The fourth-order valence-corrected chi connectivity index (χ4v) is 33.4. The van der Waals surface area contributed by atoms with Gasteiger partial charge in [0, 0.05) is 67.8 Å². The van der Waals surface area contributed by atoms with Gasteiger partial charge in [0.15, 0.2) is 0 Å². The summed E-state index contributed by atoms with van der Waals surface area (Å²) in [6, 6.07) is 86.9. The topological polar surface area (TPSA) is 32.8 Å². The second-order valence-electron chi connectivity index (χ2n) is 58.4. The molecule has 142 heavy (non-hydrogen) atoms. The van der Waals surface area contributed by atoms with E-state index in [1.165, 1.54) is 240 Å². The molecule has 4 nitrogen and oxygen atoms in total. The van der Waals surface area contributed by atoms with Crippen molar-refractivity contribution in [1.29, 1.82) is 0 Å². The minimum atomic E-state index is -0.0715. The first-order chi connectivity index (χ1) is 66.9. The van der Waals surface area contributed by atoms with E-state index in [1.807, 2.05) is 0 Å². The van der Waals surface area contributed by atoms with E-state index in [4.69, 9.17) is 8.83 Å².